The van der Waals surface area contributed by atoms with E-state index in [1.165, 1.54) is 27.7 Å². The van der Waals surface area contributed by atoms with Crippen molar-refractivity contribution in [2.75, 3.05) is 26.7 Å². The lowest BCUT2D eigenvalue weighted by atomic mass is 9.78. The van der Waals surface area contributed by atoms with Crippen LogP contribution >= 0.6 is 11.8 Å². The summed E-state index contributed by atoms with van der Waals surface area (Å²) >= 11 is 1.42. The van der Waals surface area contributed by atoms with Gasteiger partial charge in [-0.2, -0.15) is 0 Å². The summed E-state index contributed by atoms with van der Waals surface area (Å²) in [5, 5.41) is 26.7. The van der Waals surface area contributed by atoms with E-state index < -0.39 is 24.0 Å². The van der Waals surface area contributed by atoms with Crippen LogP contribution in [-0.2, 0) is 30.5 Å². The molecule has 0 aromatic carbocycles. The molecule has 0 radical (unpaired) electrons. The summed E-state index contributed by atoms with van der Waals surface area (Å²) in [7, 11) is 1.58. The number of carbonyl (C=O) groups excluding carboxylic acids is 3. The molecule has 8 atom stereocenters. The predicted octanol–water partition coefficient (Wildman–Crippen LogP) is -2.40. The number of fused-ring (bicyclic) bond motifs is 1. The standard InChI is InChI=1S/C23H33N9O6S/c1-10-18-17(11(2)27-16(33)8-31-9-26-28-29-31)22(35)32(18)19(23(36)37)20(10)39-12-4-14(25-5-12)21(34)30-6-13(24)15(7-30)38-3/h9-15,17-18,25H,4-8,24H2,1-3H3,(H,27,33)(H,36,37)/t10-,11-,12+,13+,14+,15+,17-,18-/m1/s1. The zero-order chi connectivity index (χ0) is 28.0. The van der Waals surface area contributed by atoms with Gasteiger partial charge in [-0.3, -0.25) is 14.4 Å². The zero-order valence-corrected chi connectivity index (χ0v) is 22.7. The molecule has 212 valence electrons. The van der Waals surface area contributed by atoms with Crippen LogP contribution in [0.25, 0.3) is 0 Å². The maximum atomic E-state index is 13.1. The number of likely N-dealkylation sites (tertiary alicyclic amines) is 1. The molecule has 0 aliphatic carbocycles. The van der Waals surface area contributed by atoms with Gasteiger partial charge in [0.25, 0.3) is 0 Å². The molecule has 0 bridgehead atoms. The van der Waals surface area contributed by atoms with E-state index in [4.69, 9.17) is 10.5 Å². The van der Waals surface area contributed by atoms with Gasteiger partial charge in [0.1, 0.15) is 18.6 Å². The summed E-state index contributed by atoms with van der Waals surface area (Å²) in [5.74, 6) is -2.68. The van der Waals surface area contributed by atoms with E-state index in [1.54, 1.807) is 18.9 Å². The van der Waals surface area contributed by atoms with E-state index in [-0.39, 0.29) is 59.3 Å². The van der Waals surface area contributed by atoms with Crippen molar-refractivity contribution in [1.82, 2.24) is 40.6 Å². The number of nitrogens with one attached hydrogen (secondary N) is 2. The molecule has 5 heterocycles. The highest BCUT2D eigenvalue weighted by molar-refractivity contribution is 8.03. The molecule has 1 aromatic rings. The minimum atomic E-state index is -1.16. The summed E-state index contributed by atoms with van der Waals surface area (Å²) in [6.45, 7) is 4.97. The quantitative estimate of drug-likeness (QED) is 0.233. The first-order chi connectivity index (χ1) is 18.6. The van der Waals surface area contributed by atoms with Gasteiger partial charge in [0, 0.05) is 48.9 Å². The lowest BCUT2D eigenvalue weighted by molar-refractivity contribution is -0.158. The molecular weight excluding hydrogens is 530 g/mol. The van der Waals surface area contributed by atoms with Gasteiger partial charge in [-0.05, 0) is 23.8 Å². The number of carboxylic acid groups (broad SMARTS) is 1. The smallest absolute Gasteiger partial charge is 0.353 e. The molecule has 0 unspecified atom stereocenters. The van der Waals surface area contributed by atoms with Crippen LogP contribution < -0.4 is 16.4 Å². The van der Waals surface area contributed by atoms with Crippen LogP contribution in [0.1, 0.15) is 20.3 Å². The van der Waals surface area contributed by atoms with E-state index in [0.717, 1.165) is 0 Å². The number of nitrogens with two attached hydrogens (primary N) is 1. The summed E-state index contributed by atoms with van der Waals surface area (Å²) in [6, 6.07) is -1.51. The van der Waals surface area contributed by atoms with Gasteiger partial charge in [0.2, 0.25) is 17.7 Å². The Bertz CT molecular complexity index is 1180. The van der Waals surface area contributed by atoms with Crippen LogP contribution in [0.3, 0.4) is 0 Å². The molecular formula is C23H33N9O6S. The first kappa shape index (κ1) is 27.5. The Kier molecular flexibility index (Phi) is 7.63. The SMILES string of the molecule is CO[C@H]1CN(C(=O)[C@@H]2C[C@H](SC3=C(C(=O)O)N4C(=O)[C@H]([C@@H](C)NC(=O)Cn5cnnn5)[C@H]4[C@H]3C)CN2)C[C@@H]1N. The van der Waals surface area contributed by atoms with Crippen molar-refractivity contribution in [2.24, 2.45) is 17.6 Å². The first-order valence-corrected chi connectivity index (χ1v) is 13.8. The lowest BCUT2D eigenvalue weighted by Crippen LogP contribution is -2.66. The fraction of sp³-hybridized carbons (Fsp3) is 0.696. The maximum Gasteiger partial charge on any atom is 0.353 e. The number of methoxy groups -OCH3 is 1. The van der Waals surface area contributed by atoms with Gasteiger partial charge < -0.3 is 36.0 Å². The second-order valence-electron chi connectivity index (χ2n) is 10.5. The second-order valence-corrected chi connectivity index (χ2v) is 11.9. The molecule has 16 heteroatoms. The topological polar surface area (TPSA) is 198 Å². The number of carbonyl (C=O) groups is 4. The van der Waals surface area contributed by atoms with Crippen LogP contribution in [0.5, 0.6) is 0 Å². The van der Waals surface area contributed by atoms with Crippen LogP contribution in [0, 0.1) is 11.8 Å². The number of rotatable bonds is 9. The van der Waals surface area contributed by atoms with Crippen molar-refractivity contribution >= 4 is 35.5 Å². The number of aromatic nitrogens is 4. The zero-order valence-electron chi connectivity index (χ0n) is 21.9. The van der Waals surface area contributed by atoms with Crippen LogP contribution in [0.4, 0.5) is 0 Å². The van der Waals surface area contributed by atoms with Crippen molar-refractivity contribution in [3.05, 3.63) is 16.9 Å². The molecule has 0 spiro atoms. The number of amides is 3. The van der Waals surface area contributed by atoms with Gasteiger partial charge in [0.05, 0.1) is 30.1 Å². The predicted molar refractivity (Wildman–Crippen MR) is 137 cm³/mol. The summed E-state index contributed by atoms with van der Waals surface area (Å²) in [6.07, 6.45) is 1.66. The third-order valence-corrected chi connectivity index (χ3v) is 9.53. The minimum Gasteiger partial charge on any atom is -0.477 e. The Morgan fingerprint density at radius 2 is 2.13 bits per heavy atom. The number of carboxylic acids is 1. The van der Waals surface area contributed by atoms with E-state index in [1.807, 2.05) is 6.92 Å². The normalized spacial score (nSPS) is 32.8. The van der Waals surface area contributed by atoms with Crippen LogP contribution in [-0.4, -0.2) is 121 Å². The molecule has 5 N–H and O–H groups in total. The number of thioether (sulfide) groups is 1. The van der Waals surface area contributed by atoms with Crippen LogP contribution in [0.2, 0.25) is 0 Å². The maximum absolute atomic E-state index is 13.1. The number of hydrogen-bond acceptors (Lipinski definition) is 11. The number of hydrogen-bond donors (Lipinski definition) is 4. The molecule has 15 nitrogen and oxygen atoms in total. The number of nitrogens with zero attached hydrogens (tertiary/aromatic N) is 6. The van der Waals surface area contributed by atoms with E-state index in [0.29, 0.717) is 31.0 Å². The Morgan fingerprint density at radius 1 is 1.36 bits per heavy atom. The average Bonchev–Trinajstić information content (AvgIpc) is 3.67. The highest BCUT2D eigenvalue weighted by atomic mass is 32.2. The van der Waals surface area contributed by atoms with E-state index in [2.05, 4.69) is 26.2 Å². The molecule has 3 fully saturated rings. The highest BCUT2D eigenvalue weighted by Gasteiger charge is 2.60. The molecule has 3 amide bonds. The van der Waals surface area contributed by atoms with Gasteiger partial charge in [0.15, 0.2) is 0 Å². The molecule has 39 heavy (non-hydrogen) atoms. The monoisotopic (exact) mass is 563 g/mol. The molecule has 4 aliphatic heterocycles. The minimum absolute atomic E-state index is 0.00537. The van der Waals surface area contributed by atoms with Crippen molar-refractivity contribution in [3.63, 3.8) is 0 Å². The number of tetrazole rings is 1. The summed E-state index contributed by atoms with van der Waals surface area (Å²) in [5.41, 5.74) is 6.07. The Morgan fingerprint density at radius 3 is 2.77 bits per heavy atom. The van der Waals surface area contributed by atoms with Crippen LogP contribution in [0.15, 0.2) is 16.9 Å². The first-order valence-electron chi connectivity index (χ1n) is 12.9. The van der Waals surface area contributed by atoms with Gasteiger partial charge in [-0.15, -0.1) is 16.9 Å². The molecule has 4 aliphatic rings. The van der Waals surface area contributed by atoms with Crippen molar-refractivity contribution in [1.29, 1.82) is 0 Å². The molecule has 1 aromatic heterocycles. The second kappa shape index (κ2) is 10.8. The number of aliphatic carboxylic acids is 1. The van der Waals surface area contributed by atoms with E-state index >= 15 is 0 Å². The van der Waals surface area contributed by atoms with Crippen molar-refractivity contribution < 1.29 is 29.0 Å². The lowest BCUT2D eigenvalue weighted by Gasteiger charge is -2.47. The third kappa shape index (κ3) is 5.01. The molecule has 0 saturated carbocycles. The largest absolute Gasteiger partial charge is 0.477 e. The van der Waals surface area contributed by atoms with Gasteiger partial charge >= 0.3 is 5.97 Å². The van der Waals surface area contributed by atoms with Gasteiger partial charge in [-0.1, -0.05) is 6.92 Å². The average molecular weight is 564 g/mol. The summed E-state index contributed by atoms with van der Waals surface area (Å²) in [4.78, 5) is 54.6. The Hall–Kier alpha value is -3.08. The van der Waals surface area contributed by atoms with Crippen molar-refractivity contribution in [3.8, 4) is 0 Å². The third-order valence-electron chi connectivity index (χ3n) is 8.02. The fourth-order valence-corrected chi connectivity index (χ4v) is 7.57. The molecule has 3 saturated heterocycles. The van der Waals surface area contributed by atoms with Crippen molar-refractivity contribution in [2.45, 2.75) is 62.3 Å². The number of β-lactam (4-membered cyclic amide) rings is 1. The summed E-state index contributed by atoms with van der Waals surface area (Å²) < 4.78 is 6.63. The Balaban J connectivity index is 1.22. The van der Waals surface area contributed by atoms with Gasteiger partial charge in [-0.25, -0.2) is 9.48 Å². The number of ether oxygens (including phenoxy) is 1. The molecule has 5 rings (SSSR count). The Labute approximate surface area is 228 Å². The fourth-order valence-electron chi connectivity index (χ4n) is 6.10. The van der Waals surface area contributed by atoms with E-state index in [9.17, 15) is 24.3 Å². The highest BCUT2D eigenvalue weighted by Crippen LogP contribution is 2.51.